The average Bonchev–Trinajstić information content (AvgIpc) is 1.96. The Bertz CT molecular complexity index is 210. The van der Waals surface area contributed by atoms with E-state index in [0.717, 1.165) is 14.0 Å². The Kier molecular flexibility index (Phi) is 3.90. The molecule has 0 aliphatic carbocycles. The van der Waals surface area contributed by atoms with Gasteiger partial charge in [0.25, 0.3) is 0 Å². The Morgan fingerprint density at radius 2 is 1.85 bits per heavy atom. The molecule has 0 saturated carbocycles. The molecule has 6 heteroatoms. The average molecular weight is 198 g/mol. The lowest BCUT2D eigenvalue weighted by atomic mass is 10.0. The monoisotopic (exact) mass is 198 g/mol. The molecule has 0 heterocycles. The van der Waals surface area contributed by atoms with Gasteiger partial charge in [-0.3, -0.25) is 9.59 Å². The Labute approximate surface area is 72.9 Å². The van der Waals surface area contributed by atoms with E-state index >= 15 is 0 Å². The highest BCUT2D eigenvalue weighted by Crippen LogP contribution is 2.29. The number of hydrogen-bond acceptors (Lipinski definition) is 3. The first-order valence-corrected chi connectivity index (χ1v) is 3.43. The number of hydrogen-bond donors (Lipinski definition) is 0. The van der Waals surface area contributed by atoms with E-state index in [1.165, 1.54) is 0 Å². The van der Waals surface area contributed by atoms with E-state index in [-0.39, 0.29) is 0 Å². The van der Waals surface area contributed by atoms with Crippen LogP contribution in [0.2, 0.25) is 0 Å². The fraction of sp³-hybridized carbons (Fsp3) is 0.714. The number of carbonyl (C=O) groups excluding carboxylic acids is 2. The molecule has 0 fully saturated rings. The van der Waals surface area contributed by atoms with Crippen LogP contribution in [0.3, 0.4) is 0 Å². The second kappa shape index (κ2) is 4.25. The van der Waals surface area contributed by atoms with Crippen molar-refractivity contribution >= 4 is 11.8 Å². The number of halogens is 3. The second-order valence-corrected chi connectivity index (χ2v) is 2.52. The molecule has 0 aromatic rings. The van der Waals surface area contributed by atoms with Gasteiger partial charge in [0.05, 0.1) is 7.11 Å². The Morgan fingerprint density at radius 3 is 2.08 bits per heavy atom. The highest BCUT2D eigenvalue weighted by atomic mass is 19.4. The summed E-state index contributed by atoms with van der Waals surface area (Å²) in [6.45, 7) is 0.988. The maximum absolute atomic E-state index is 12.1. The van der Waals surface area contributed by atoms with Crippen LogP contribution >= 0.6 is 0 Å². The predicted molar refractivity (Wildman–Crippen MR) is 36.9 cm³/mol. The minimum Gasteiger partial charge on any atom is -0.469 e. The molecule has 0 aromatic carbocycles. The van der Waals surface area contributed by atoms with Gasteiger partial charge in [-0.1, -0.05) is 0 Å². The summed E-state index contributed by atoms with van der Waals surface area (Å²) in [4.78, 5) is 21.0. The molecule has 0 saturated heterocycles. The maximum Gasteiger partial charge on any atom is 0.402 e. The van der Waals surface area contributed by atoms with E-state index in [1.54, 1.807) is 0 Å². The zero-order valence-electron chi connectivity index (χ0n) is 7.14. The quantitative estimate of drug-likeness (QED) is 0.642. The molecule has 0 rings (SSSR count). The van der Waals surface area contributed by atoms with Gasteiger partial charge in [-0.15, -0.1) is 0 Å². The molecule has 0 aromatic heterocycles. The number of ether oxygens (including phenoxy) is 1. The first-order chi connectivity index (χ1) is 5.79. The standard InChI is InChI=1S/C7H9F3O3/c1-4(11)3-5(6(12)13-2)7(8,9)10/h5H,3H2,1-2H3/t5-/m1/s1. The predicted octanol–water partition coefficient (Wildman–Crippen LogP) is 1.32. The van der Waals surface area contributed by atoms with E-state index in [9.17, 15) is 22.8 Å². The van der Waals surface area contributed by atoms with Gasteiger partial charge in [-0.2, -0.15) is 13.2 Å². The van der Waals surface area contributed by atoms with Gasteiger partial charge in [-0.25, -0.2) is 0 Å². The highest BCUT2D eigenvalue weighted by molar-refractivity contribution is 5.83. The highest BCUT2D eigenvalue weighted by Gasteiger charge is 2.46. The fourth-order valence-corrected chi connectivity index (χ4v) is 0.762. The smallest absolute Gasteiger partial charge is 0.402 e. The van der Waals surface area contributed by atoms with Gasteiger partial charge in [0, 0.05) is 6.42 Å². The molecule has 0 aliphatic rings. The molecule has 13 heavy (non-hydrogen) atoms. The SMILES string of the molecule is COC(=O)[C@@H](CC(C)=O)C(F)(F)F. The minimum atomic E-state index is -4.72. The van der Waals surface area contributed by atoms with E-state index < -0.39 is 30.3 Å². The van der Waals surface area contributed by atoms with Crippen molar-refractivity contribution in [2.75, 3.05) is 7.11 Å². The molecule has 76 valence electrons. The molecule has 0 radical (unpaired) electrons. The lowest BCUT2D eigenvalue weighted by molar-refractivity contribution is -0.197. The number of methoxy groups -OCH3 is 1. The Balaban J connectivity index is 4.56. The normalized spacial score (nSPS) is 13.6. The second-order valence-electron chi connectivity index (χ2n) is 2.52. The van der Waals surface area contributed by atoms with E-state index in [4.69, 9.17) is 0 Å². The van der Waals surface area contributed by atoms with Crippen molar-refractivity contribution in [3.05, 3.63) is 0 Å². The first-order valence-electron chi connectivity index (χ1n) is 3.43. The van der Waals surface area contributed by atoms with E-state index in [0.29, 0.717) is 0 Å². The molecule has 0 bridgehead atoms. The number of carbonyl (C=O) groups is 2. The number of Topliss-reactive ketones (excluding diaryl/α,β-unsaturated/α-hetero) is 1. The summed E-state index contributed by atoms with van der Waals surface area (Å²) in [5.41, 5.74) is 0. The van der Waals surface area contributed by atoms with Crippen molar-refractivity contribution in [1.82, 2.24) is 0 Å². The Hall–Kier alpha value is -1.07. The maximum atomic E-state index is 12.1. The third-order valence-electron chi connectivity index (χ3n) is 1.37. The van der Waals surface area contributed by atoms with Crippen molar-refractivity contribution in [2.45, 2.75) is 19.5 Å². The molecule has 0 unspecified atom stereocenters. The van der Waals surface area contributed by atoms with Crippen LogP contribution in [0.4, 0.5) is 13.2 Å². The topological polar surface area (TPSA) is 43.4 Å². The third-order valence-corrected chi connectivity index (χ3v) is 1.37. The van der Waals surface area contributed by atoms with Crippen LogP contribution in [-0.4, -0.2) is 25.0 Å². The fourth-order valence-electron chi connectivity index (χ4n) is 0.762. The van der Waals surface area contributed by atoms with Gasteiger partial charge in [0.1, 0.15) is 5.78 Å². The van der Waals surface area contributed by atoms with Crippen molar-refractivity contribution in [1.29, 1.82) is 0 Å². The van der Waals surface area contributed by atoms with E-state index in [1.807, 2.05) is 0 Å². The Morgan fingerprint density at radius 1 is 1.38 bits per heavy atom. The van der Waals surface area contributed by atoms with Crippen LogP contribution < -0.4 is 0 Å². The number of rotatable bonds is 3. The van der Waals surface area contributed by atoms with Gasteiger partial charge >= 0.3 is 12.1 Å². The summed E-state index contributed by atoms with van der Waals surface area (Å²) < 4.78 is 40.1. The van der Waals surface area contributed by atoms with Crippen LogP contribution in [0.1, 0.15) is 13.3 Å². The first kappa shape index (κ1) is 11.9. The largest absolute Gasteiger partial charge is 0.469 e. The van der Waals surface area contributed by atoms with Crippen molar-refractivity contribution in [3.63, 3.8) is 0 Å². The number of esters is 1. The summed E-state index contributed by atoms with van der Waals surface area (Å²) in [5, 5.41) is 0. The third kappa shape index (κ3) is 3.91. The van der Waals surface area contributed by atoms with Crippen molar-refractivity contribution in [3.8, 4) is 0 Å². The minimum absolute atomic E-state index is 0.701. The van der Waals surface area contributed by atoms with Gasteiger partial charge in [0.15, 0.2) is 5.92 Å². The van der Waals surface area contributed by atoms with Gasteiger partial charge in [-0.05, 0) is 6.92 Å². The summed E-state index contributed by atoms with van der Waals surface area (Å²) in [7, 11) is 0.848. The summed E-state index contributed by atoms with van der Waals surface area (Å²) >= 11 is 0. The van der Waals surface area contributed by atoms with Crippen molar-refractivity contribution < 1.29 is 27.5 Å². The lowest BCUT2D eigenvalue weighted by Crippen LogP contribution is -2.33. The van der Waals surface area contributed by atoms with Crippen molar-refractivity contribution in [2.24, 2.45) is 5.92 Å². The van der Waals surface area contributed by atoms with Crippen LogP contribution in [0.5, 0.6) is 0 Å². The molecule has 1 atom stereocenters. The van der Waals surface area contributed by atoms with E-state index in [2.05, 4.69) is 4.74 Å². The molecule has 0 aliphatic heterocycles. The van der Waals surface area contributed by atoms with Gasteiger partial charge in [0.2, 0.25) is 0 Å². The molecular weight excluding hydrogens is 189 g/mol. The molecule has 3 nitrogen and oxygen atoms in total. The molecule has 0 spiro atoms. The van der Waals surface area contributed by atoms with Crippen LogP contribution in [0, 0.1) is 5.92 Å². The zero-order chi connectivity index (χ0) is 10.6. The summed E-state index contributed by atoms with van der Waals surface area (Å²) in [6.07, 6.45) is -5.59. The molecule has 0 N–H and O–H groups in total. The summed E-state index contributed by atoms with van der Waals surface area (Å²) in [5.74, 6) is -4.47. The number of ketones is 1. The number of alkyl halides is 3. The molecular formula is C7H9F3O3. The van der Waals surface area contributed by atoms with Crippen LogP contribution in [-0.2, 0) is 14.3 Å². The summed E-state index contributed by atoms with van der Waals surface area (Å²) in [6, 6.07) is 0. The van der Waals surface area contributed by atoms with Crippen LogP contribution in [0.25, 0.3) is 0 Å². The lowest BCUT2D eigenvalue weighted by Gasteiger charge is -2.15. The molecule has 0 amide bonds. The van der Waals surface area contributed by atoms with Crippen LogP contribution in [0.15, 0.2) is 0 Å². The van der Waals surface area contributed by atoms with Gasteiger partial charge < -0.3 is 4.74 Å². The zero-order valence-corrected chi connectivity index (χ0v) is 7.14.